The Labute approximate surface area is 182 Å². The summed E-state index contributed by atoms with van der Waals surface area (Å²) in [7, 11) is 0. The summed E-state index contributed by atoms with van der Waals surface area (Å²) in [5, 5.41) is 23.7. The first-order valence-corrected chi connectivity index (χ1v) is 10.1. The molecule has 1 amide bonds. The Balaban J connectivity index is 1.50. The van der Waals surface area contributed by atoms with E-state index in [0.29, 0.717) is 27.7 Å². The van der Waals surface area contributed by atoms with Gasteiger partial charge in [-0.05, 0) is 55.7 Å². The number of nitriles is 1. The first-order valence-electron chi connectivity index (χ1n) is 10.1. The second kappa shape index (κ2) is 7.35. The van der Waals surface area contributed by atoms with Crippen LogP contribution < -0.4 is 11.1 Å². The Morgan fingerprint density at radius 2 is 2.00 bits per heavy atom. The molecule has 0 aliphatic heterocycles. The van der Waals surface area contributed by atoms with Gasteiger partial charge >= 0.3 is 0 Å². The fourth-order valence-electron chi connectivity index (χ4n) is 3.60. The summed E-state index contributed by atoms with van der Waals surface area (Å²) in [4.78, 5) is 25.6. The van der Waals surface area contributed by atoms with Crippen LogP contribution in [0.2, 0.25) is 0 Å². The molecule has 1 saturated carbocycles. The summed E-state index contributed by atoms with van der Waals surface area (Å²) in [5.41, 5.74) is 9.80. The number of aromatic nitrogens is 4. The molecule has 0 bridgehead atoms. The molecule has 9 heteroatoms. The normalized spacial score (nSPS) is 13.1. The van der Waals surface area contributed by atoms with Crippen LogP contribution in [0.4, 0.5) is 5.82 Å². The number of aryl methyl sites for hydroxylation is 1. The van der Waals surface area contributed by atoms with Gasteiger partial charge in [-0.2, -0.15) is 15.5 Å². The van der Waals surface area contributed by atoms with E-state index < -0.39 is 0 Å². The second-order valence-electron chi connectivity index (χ2n) is 7.88. The van der Waals surface area contributed by atoms with E-state index in [9.17, 15) is 14.9 Å². The number of amides is 1. The van der Waals surface area contributed by atoms with E-state index in [1.54, 1.807) is 30.3 Å². The summed E-state index contributed by atoms with van der Waals surface area (Å²) < 4.78 is 1.47. The van der Waals surface area contributed by atoms with Gasteiger partial charge in [0.2, 0.25) is 0 Å². The van der Waals surface area contributed by atoms with Crippen LogP contribution in [0.15, 0.2) is 42.6 Å². The number of hydrogen-bond acceptors (Lipinski definition) is 6. The lowest BCUT2D eigenvalue weighted by Gasteiger charge is -2.11. The summed E-state index contributed by atoms with van der Waals surface area (Å²) in [6.45, 7) is 1.89. The van der Waals surface area contributed by atoms with Crippen molar-refractivity contribution >= 4 is 28.4 Å². The van der Waals surface area contributed by atoms with Crippen molar-refractivity contribution in [3.8, 4) is 11.8 Å². The van der Waals surface area contributed by atoms with E-state index in [2.05, 4.69) is 20.6 Å². The summed E-state index contributed by atoms with van der Waals surface area (Å²) in [6, 6.07) is 12.5. The lowest BCUT2D eigenvalue weighted by molar-refractivity contribution is 0.0950. The van der Waals surface area contributed by atoms with Crippen LogP contribution in [0.3, 0.4) is 0 Å². The maximum atomic E-state index is 13.2. The van der Waals surface area contributed by atoms with Crippen molar-refractivity contribution < 1.29 is 9.59 Å². The molecule has 4 aromatic rings. The largest absolute Gasteiger partial charge is 0.383 e. The molecule has 0 radical (unpaired) electrons. The minimum atomic E-state index is -0.318. The van der Waals surface area contributed by atoms with Crippen molar-refractivity contribution in [3.05, 3.63) is 70.5 Å². The standard InChI is InChI=1S/C23H19N7O2/c1-12-2-3-14(23(32)27-15-5-6-15)9-20(12)30-22(25)17(11-26-30)21(31)13-4-7-18-16(8-13)19(10-24)29-28-18/h2-4,7-9,11,15H,5-6,25H2,1H3,(H,27,32)(H,28,29). The third kappa shape index (κ3) is 3.28. The number of carbonyl (C=O) groups is 2. The molecule has 2 aromatic carbocycles. The maximum absolute atomic E-state index is 13.2. The molecular formula is C23H19N7O2. The number of ketones is 1. The van der Waals surface area contributed by atoms with Crippen LogP contribution in [0.5, 0.6) is 0 Å². The first-order chi connectivity index (χ1) is 15.5. The molecule has 9 nitrogen and oxygen atoms in total. The molecular weight excluding hydrogens is 406 g/mol. The number of aromatic amines is 1. The van der Waals surface area contributed by atoms with Gasteiger partial charge < -0.3 is 11.1 Å². The van der Waals surface area contributed by atoms with E-state index in [1.165, 1.54) is 10.9 Å². The van der Waals surface area contributed by atoms with Crippen LogP contribution in [-0.2, 0) is 0 Å². The highest BCUT2D eigenvalue weighted by Gasteiger charge is 2.25. The smallest absolute Gasteiger partial charge is 0.251 e. The Morgan fingerprint density at radius 3 is 2.75 bits per heavy atom. The number of fused-ring (bicyclic) bond motifs is 1. The number of benzene rings is 2. The minimum Gasteiger partial charge on any atom is -0.383 e. The van der Waals surface area contributed by atoms with E-state index in [-0.39, 0.29) is 34.8 Å². The molecule has 158 valence electrons. The molecule has 0 spiro atoms. The van der Waals surface area contributed by atoms with Gasteiger partial charge in [-0.25, -0.2) is 4.68 Å². The highest BCUT2D eigenvalue weighted by Crippen LogP contribution is 2.26. The number of carbonyl (C=O) groups excluding carboxylic acids is 2. The van der Waals surface area contributed by atoms with Gasteiger partial charge in [0, 0.05) is 22.6 Å². The number of H-pyrrole nitrogens is 1. The van der Waals surface area contributed by atoms with E-state index in [4.69, 9.17) is 5.73 Å². The summed E-state index contributed by atoms with van der Waals surface area (Å²) >= 11 is 0. The molecule has 0 atom stereocenters. The van der Waals surface area contributed by atoms with Crippen LogP contribution in [-0.4, -0.2) is 37.7 Å². The zero-order chi connectivity index (χ0) is 22.4. The average Bonchev–Trinajstić information content (AvgIpc) is 3.39. The van der Waals surface area contributed by atoms with E-state index in [0.717, 1.165) is 18.4 Å². The Morgan fingerprint density at radius 1 is 1.22 bits per heavy atom. The second-order valence-corrected chi connectivity index (χ2v) is 7.88. The van der Waals surface area contributed by atoms with Gasteiger partial charge in [0.25, 0.3) is 5.91 Å². The lowest BCUT2D eigenvalue weighted by atomic mass is 10.0. The molecule has 5 rings (SSSR count). The predicted molar refractivity (Wildman–Crippen MR) is 117 cm³/mol. The van der Waals surface area contributed by atoms with Crippen molar-refractivity contribution in [2.45, 2.75) is 25.8 Å². The molecule has 4 N–H and O–H groups in total. The van der Waals surface area contributed by atoms with Crippen molar-refractivity contribution in [1.82, 2.24) is 25.3 Å². The summed E-state index contributed by atoms with van der Waals surface area (Å²) in [6.07, 6.45) is 3.42. The summed E-state index contributed by atoms with van der Waals surface area (Å²) in [5.74, 6) is -0.288. The van der Waals surface area contributed by atoms with E-state index >= 15 is 0 Å². The maximum Gasteiger partial charge on any atom is 0.251 e. The zero-order valence-electron chi connectivity index (χ0n) is 17.2. The van der Waals surface area contributed by atoms with Crippen molar-refractivity contribution in [2.24, 2.45) is 0 Å². The molecule has 1 aliphatic carbocycles. The minimum absolute atomic E-state index is 0.141. The highest BCUT2D eigenvalue weighted by atomic mass is 16.1. The number of anilines is 1. The Kier molecular flexibility index (Phi) is 4.48. The molecule has 2 heterocycles. The fourth-order valence-corrected chi connectivity index (χ4v) is 3.60. The third-order valence-corrected chi connectivity index (χ3v) is 5.59. The van der Waals surface area contributed by atoms with Crippen LogP contribution in [0.1, 0.15) is 50.4 Å². The Hall–Kier alpha value is -4.45. The molecule has 32 heavy (non-hydrogen) atoms. The third-order valence-electron chi connectivity index (χ3n) is 5.59. The quantitative estimate of drug-likeness (QED) is 0.420. The van der Waals surface area contributed by atoms with Gasteiger partial charge in [0.15, 0.2) is 11.5 Å². The lowest BCUT2D eigenvalue weighted by Crippen LogP contribution is -2.25. The van der Waals surface area contributed by atoms with Crippen LogP contribution >= 0.6 is 0 Å². The SMILES string of the molecule is Cc1ccc(C(=O)NC2CC2)cc1-n1ncc(C(=O)c2ccc3[nH]nc(C#N)c3c2)c1N. The first kappa shape index (κ1) is 19.5. The molecule has 1 aliphatic rings. The predicted octanol–water partition coefficient (Wildman–Crippen LogP) is 2.63. The van der Waals surface area contributed by atoms with E-state index in [1.807, 2.05) is 19.1 Å². The van der Waals surface area contributed by atoms with Crippen LogP contribution in [0.25, 0.3) is 16.6 Å². The Bertz CT molecular complexity index is 1440. The number of nitrogens with zero attached hydrogens (tertiary/aromatic N) is 4. The number of rotatable bonds is 5. The zero-order valence-corrected chi connectivity index (χ0v) is 17.2. The van der Waals surface area contributed by atoms with Gasteiger partial charge in [0.1, 0.15) is 11.9 Å². The van der Waals surface area contributed by atoms with Crippen LogP contribution in [0, 0.1) is 18.3 Å². The molecule has 0 unspecified atom stereocenters. The van der Waals surface area contributed by atoms with Gasteiger partial charge in [-0.3, -0.25) is 14.7 Å². The topological polar surface area (TPSA) is 142 Å². The van der Waals surface area contributed by atoms with Gasteiger partial charge in [-0.1, -0.05) is 6.07 Å². The number of nitrogen functional groups attached to an aromatic ring is 1. The van der Waals surface area contributed by atoms with Crippen molar-refractivity contribution in [3.63, 3.8) is 0 Å². The molecule has 0 saturated heterocycles. The number of nitrogens with two attached hydrogens (primary N) is 1. The van der Waals surface area contributed by atoms with Crippen molar-refractivity contribution in [1.29, 1.82) is 5.26 Å². The van der Waals surface area contributed by atoms with Crippen molar-refractivity contribution in [2.75, 3.05) is 5.73 Å². The monoisotopic (exact) mass is 425 g/mol. The average molecular weight is 425 g/mol. The van der Waals surface area contributed by atoms with Gasteiger partial charge in [0.05, 0.1) is 23.0 Å². The fraction of sp³-hybridized carbons (Fsp3) is 0.174. The highest BCUT2D eigenvalue weighted by molar-refractivity contribution is 6.13. The van der Waals surface area contributed by atoms with Gasteiger partial charge in [-0.15, -0.1) is 0 Å². The molecule has 2 aromatic heterocycles. The number of hydrogen-bond donors (Lipinski definition) is 3. The number of nitrogens with one attached hydrogen (secondary N) is 2. The molecule has 1 fully saturated rings.